The van der Waals surface area contributed by atoms with Crippen LogP contribution in [-0.4, -0.2) is 32.5 Å². The quantitative estimate of drug-likeness (QED) is 0.625. The summed E-state index contributed by atoms with van der Waals surface area (Å²) < 4.78 is 1.70. The molecule has 0 aliphatic heterocycles. The van der Waals surface area contributed by atoms with Gasteiger partial charge in [-0.05, 0) is 29.0 Å². The first-order chi connectivity index (χ1) is 8.86. The number of aryl methyl sites for hydroxylation is 1. The summed E-state index contributed by atoms with van der Waals surface area (Å²) in [5, 5.41) is 15.6. The van der Waals surface area contributed by atoms with Gasteiger partial charge in [-0.25, -0.2) is 4.68 Å². The third-order valence-electron chi connectivity index (χ3n) is 2.48. The SMILES string of the molecule is Cl.Cn1nnnc1SCCCNCc1ccccc1. The number of aromatic nitrogens is 4. The van der Waals surface area contributed by atoms with Gasteiger partial charge in [-0.15, -0.1) is 17.5 Å². The maximum absolute atomic E-state index is 3.93. The Morgan fingerprint density at radius 2 is 2.05 bits per heavy atom. The van der Waals surface area contributed by atoms with E-state index >= 15 is 0 Å². The van der Waals surface area contributed by atoms with E-state index in [0.29, 0.717) is 0 Å². The largest absolute Gasteiger partial charge is 0.313 e. The zero-order valence-electron chi connectivity index (χ0n) is 10.8. The van der Waals surface area contributed by atoms with Crippen LogP contribution in [-0.2, 0) is 13.6 Å². The summed E-state index contributed by atoms with van der Waals surface area (Å²) in [6.45, 7) is 1.93. The van der Waals surface area contributed by atoms with Crippen molar-refractivity contribution in [1.82, 2.24) is 25.5 Å². The smallest absolute Gasteiger partial charge is 0.209 e. The fourth-order valence-electron chi connectivity index (χ4n) is 1.53. The number of tetrazole rings is 1. The van der Waals surface area contributed by atoms with Crippen LogP contribution >= 0.6 is 24.2 Å². The molecule has 0 saturated carbocycles. The lowest BCUT2D eigenvalue weighted by Gasteiger charge is -2.04. The lowest BCUT2D eigenvalue weighted by atomic mass is 10.2. The summed E-state index contributed by atoms with van der Waals surface area (Å²) >= 11 is 1.69. The summed E-state index contributed by atoms with van der Waals surface area (Å²) in [4.78, 5) is 0. The lowest BCUT2D eigenvalue weighted by Crippen LogP contribution is -2.15. The molecule has 1 heterocycles. The first-order valence-electron chi connectivity index (χ1n) is 5.96. The minimum atomic E-state index is 0. The van der Waals surface area contributed by atoms with Gasteiger partial charge in [0.2, 0.25) is 5.16 Å². The maximum atomic E-state index is 3.93. The third-order valence-corrected chi connectivity index (χ3v) is 3.58. The van der Waals surface area contributed by atoms with Gasteiger partial charge in [-0.2, -0.15) is 0 Å². The van der Waals surface area contributed by atoms with Gasteiger partial charge in [0, 0.05) is 19.3 Å². The van der Waals surface area contributed by atoms with Crippen molar-refractivity contribution in [2.45, 2.75) is 18.1 Å². The fourth-order valence-corrected chi connectivity index (χ4v) is 2.32. The highest BCUT2D eigenvalue weighted by molar-refractivity contribution is 7.99. The van der Waals surface area contributed by atoms with E-state index in [1.165, 1.54) is 5.56 Å². The number of halogens is 1. The van der Waals surface area contributed by atoms with Crippen LogP contribution < -0.4 is 5.32 Å². The van der Waals surface area contributed by atoms with Gasteiger partial charge < -0.3 is 5.32 Å². The second kappa shape index (κ2) is 8.90. The second-order valence-corrected chi connectivity index (χ2v) is 5.01. The molecule has 2 rings (SSSR count). The second-order valence-electron chi connectivity index (χ2n) is 3.95. The third kappa shape index (κ3) is 5.59. The van der Waals surface area contributed by atoms with Gasteiger partial charge in [0.25, 0.3) is 0 Å². The first-order valence-corrected chi connectivity index (χ1v) is 6.94. The molecule has 1 N–H and O–H groups in total. The molecule has 0 atom stereocenters. The molecular formula is C12H18ClN5S. The van der Waals surface area contributed by atoms with Gasteiger partial charge in [0.05, 0.1) is 0 Å². The molecule has 0 saturated heterocycles. The molecule has 19 heavy (non-hydrogen) atoms. The number of thioether (sulfide) groups is 1. The number of hydrogen-bond donors (Lipinski definition) is 1. The predicted molar refractivity (Wildman–Crippen MR) is 79.5 cm³/mol. The summed E-state index contributed by atoms with van der Waals surface area (Å²) in [6, 6.07) is 10.4. The van der Waals surface area contributed by atoms with Crippen molar-refractivity contribution in [3.63, 3.8) is 0 Å². The number of nitrogens with one attached hydrogen (secondary N) is 1. The van der Waals surface area contributed by atoms with E-state index in [9.17, 15) is 0 Å². The molecule has 5 nitrogen and oxygen atoms in total. The van der Waals surface area contributed by atoms with Crippen LogP contribution in [0.15, 0.2) is 35.5 Å². The number of benzene rings is 1. The van der Waals surface area contributed by atoms with Crippen molar-refractivity contribution in [2.75, 3.05) is 12.3 Å². The van der Waals surface area contributed by atoms with Crippen LogP contribution in [0.1, 0.15) is 12.0 Å². The highest BCUT2D eigenvalue weighted by Crippen LogP contribution is 2.12. The van der Waals surface area contributed by atoms with Crippen LogP contribution in [0.5, 0.6) is 0 Å². The molecule has 104 valence electrons. The summed E-state index contributed by atoms with van der Waals surface area (Å²) in [6.07, 6.45) is 1.10. The van der Waals surface area contributed by atoms with Gasteiger partial charge in [0.1, 0.15) is 0 Å². The molecule has 0 fully saturated rings. The van der Waals surface area contributed by atoms with E-state index < -0.39 is 0 Å². The molecule has 1 aromatic carbocycles. The van der Waals surface area contributed by atoms with Gasteiger partial charge >= 0.3 is 0 Å². The van der Waals surface area contributed by atoms with Crippen molar-refractivity contribution in [3.8, 4) is 0 Å². The topological polar surface area (TPSA) is 55.6 Å². The maximum Gasteiger partial charge on any atom is 0.209 e. The Bertz CT molecular complexity index is 462. The zero-order chi connectivity index (χ0) is 12.6. The number of hydrogen-bond acceptors (Lipinski definition) is 5. The Morgan fingerprint density at radius 3 is 2.74 bits per heavy atom. The first kappa shape index (κ1) is 15.9. The molecule has 0 spiro atoms. The highest BCUT2D eigenvalue weighted by Gasteiger charge is 2.01. The van der Waals surface area contributed by atoms with Gasteiger partial charge in [-0.1, -0.05) is 42.1 Å². The minimum Gasteiger partial charge on any atom is -0.313 e. The van der Waals surface area contributed by atoms with Crippen LogP contribution in [0, 0.1) is 0 Å². The fraction of sp³-hybridized carbons (Fsp3) is 0.417. The summed E-state index contributed by atoms with van der Waals surface area (Å²) in [5.41, 5.74) is 1.32. The molecule has 2 aromatic rings. The standard InChI is InChI=1S/C12H17N5S.ClH/c1-17-12(14-15-16-17)18-9-5-8-13-10-11-6-3-2-4-7-11;/h2-4,6-7,13H,5,8-10H2,1H3;1H. The van der Waals surface area contributed by atoms with E-state index in [1.807, 2.05) is 13.1 Å². The van der Waals surface area contributed by atoms with Crippen LogP contribution in [0.2, 0.25) is 0 Å². The van der Waals surface area contributed by atoms with E-state index in [4.69, 9.17) is 0 Å². The van der Waals surface area contributed by atoms with Crippen LogP contribution in [0.25, 0.3) is 0 Å². The van der Waals surface area contributed by atoms with Crippen molar-refractivity contribution in [3.05, 3.63) is 35.9 Å². The molecule has 0 radical (unpaired) electrons. The Morgan fingerprint density at radius 1 is 1.26 bits per heavy atom. The lowest BCUT2D eigenvalue weighted by molar-refractivity contribution is 0.661. The van der Waals surface area contributed by atoms with E-state index in [-0.39, 0.29) is 12.4 Å². The molecule has 1 aromatic heterocycles. The van der Waals surface area contributed by atoms with Crippen molar-refractivity contribution in [1.29, 1.82) is 0 Å². The molecule has 0 unspecified atom stereocenters. The molecule has 0 aliphatic carbocycles. The minimum absolute atomic E-state index is 0. The summed E-state index contributed by atoms with van der Waals surface area (Å²) in [5.74, 6) is 1.02. The Hall–Kier alpha value is -1.11. The molecular weight excluding hydrogens is 282 g/mol. The molecule has 0 bridgehead atoms. The van der Waals surface area contributed by atoms with Crippen molar-refractivity contribution in [2.24, 2.45) is 7.05 Å². The zero-order valence-corrected chi connectivity index (χ0v) is 12.5. The molecule has 0 aliphatic rings. The molecule has 7 heteroatoms. The number of nitrogens with zero attached hydrogens (tertiary/aromatic N) is 4. The van der Waals surface area contributed by atoms with E-state index in [2.05, 4.69) is 45.1 Å². The predicted octanol–water partition coefficient (Wildman–Crippen LogP) is 1.90. The average molecular weight is 300 g/mol. The van der Waals surface area contributed by atoms with Gasteiger partial charge in [0.15, 0.2) is 0 Å². The molecule has 0 amide bonds. The van der Waals surface area contributed by atoms with Crippen molar-refractivity contribution < 1.29 is 0 Å². The summed E-state index contributed by atoms with van der Waals surface area (Å²) in [7, 11) is 1.86. The Labute approximate surface area is 123 Å². The average Bonchev–Trinajstić information content (AvgIpc) is 2.81. The number of rotatable bonds is 7. The monoisotopic (exact) mass is 299 g/mol. The van der Waals surface area contributed by atoms with E-state index in [0.717, 1.165) is 30.4 Å². The van der Waals surface area contributed by atoms with Crippen molar-refractivity contribution >= 4 is 24.2 Å². The van der Waals surface area contributed by atoms with E-state index in [1.54, 1.807) is 16.4 Å². The van der Waals surface area contributed by atoms with Gasteiger partial charge in [-0.3, -0.25) is 0 Å². The Balaban J connectivity index is 0.00000180. The normalized spacial score (nSPS) is 10.2. The van der Waals surface area contributed by atoms with Crippen LogP contribution in [0.4, 0.5) is 0 Å². The highest BCUT2D eigenvalue weighted by atomic mass is 35.5. The Kier molecular flexibility index (Phi) is 7.47. The van der Waals surface area contributed by atoms with Crippen LogP contribution in [0.3, 0.4) is 0 Å².